The summed E-state index contributed by atoms with van der Waals surface area (Å²) >= 11 is 0. The van der Waals surface area contributed by atoms with Crippen LogP contribution in [-0.4, -0.2) is 25.3 Å². The minimum absolute atomic E-state index is 0.120. The van der Waals surface area contributed by atoms with Crippen LogP contribution >= 0.6 is 0 Å². The molecule has 0 heterocycles. The molecule has 1 rings (SSSR count). The van der Waals surface area contributed by atoms with Gasteiger partial charge in [0.15, 0.2) is 0 Å². The molecule has 0 radical (unpaired) electrons. The van der Waals surface area contributed by atoms with Gasteiger partial charge < -0.3 is 9.47 Å². The zero-order valence-electron chi connectivity index (χ0n) is 10.6. The number of hydrogen-bond acceptors (Lipinski definition) is 7. The first kappa shape index (κ1) is 14.8. The molecule has 0 aliphatic rings. The van der Waals surface area contributed by atoms with Crippen LogP contribution in [0.1, 0.15) is 24.2 Å². The van der Waals surface area contributed by atoms with E-state index in [4.69, 9.17) is 4.74 Å². The van der Waals surface area contributed by atoms with Crippen LogP contribution in [0.15, 0.2) is 24.3 Å². The van der Waals surface area contributed by atoms with Gasteiger partial charge in [0.2, 0.25) is 0 Å². The van der Waals surface area contributed by atoms with Crippen LogP contribution < -0.4 is 4.74 Å². The Labute approximate surface area is 109 Å². The predicted molar refractivity (Wildman–Crippen MR) is 62.2 cm³/mol. The van der Waals surface area contributed by atoms with E-state index in [1.54, 1.807) is 19.1 Å². The fourth-order valence-corrected chi connectivity index (χ4v) is 1.12. The molecular weight excluding hydrogens is 256 g/mol. The fourth-order valence-electron chi connectivity index (χ4n) is 1.12. The third-order valence-corrected chi connectivity index (χ3v) is 1.87. The molecule has 19 heavy (non-hydrogen) atoms. The lowest BCUT2D eigenvalue weighted by atomic mass is 10.2. The summed E-state index contributed by atoms with van der Waals surface area (Å²) in [6.45, 7) is 4.09. The van der Waals surface area contributed by atoms with E-state index in [2.05, 4.69) is 19.6 Å². The summed E-state index contributed by atoms with van der Waals surface area (Å²) in [6.07, 6.45) is -1.10. The van der Waals surface area contributed by atoms with E-state index in [0.29, 0.717) is 12.4 Å². The molecule has 7 nitrogen and oxygen atoms in total. The van der Waals surface area contributed by atoms with Gasteiger partial charge in [0, 0.05) is 0 Å². The van der Waals surface area contributed by atoms with Gasteiger partial charge in [-0.15, -0.1) is 0 Å². The van der Waals surface area contributed by atoms with Crippen LogP contribution in [0, 0.1) is 0 Å². The topological polar surface area (TPSA) is 80.3 Å². The van der Waals surface area contributed by atoms with Crippen LogP contribution in [0.4, 0.5) is 4.79 Å². The molecule has 7 heteroatoms. The van der Waals surface area contributed by atoms with Crippen LogP contribution in [0.5, 0.6) is 5.75 Å². The van der Waals surface area contributed by atoms with Gasteiger partial charge >= 0.3 is 12.1 Å². The molecule has 0 bridgehead atoms. The highest BCUT2D eigenvalue weighted by Crippen LogP contribution is 2.12. The van der Waals surface area contributed by atoms with Crippen molar-refractivity contribution in [3.8, 4) is 5.75 Å². The number of hydrogen-bond donors (Lipinski definition) is 0. The molecule has 104 valence electrons. The number of benzene rings is 1. The summed E-state index contributed by atoms with van der Waals surface area (Å²) in [4.78, 5) is 30.4. The smallest absolute Gasteiger partial charge is 0.494 e. The van der Waals surface area contributed by atoms with Crippen molar-refractivity contribution in [1.29, 1.82) is 0 Å². The van der Waals surface area contributed by atoms with E-state index in [9.17, 15) is 9.59 Å². The maximum atomic E-state index is 11.4. The summed E-state index contributed by atoms with van der Waals surface area (Å²) in [5, 5.41) is 3.99. The Morgan fingerprint density at radius 2 is 1.68 bits per heavy atom. The van der Waals surface area contributed by atoms with Crippen molar-refractivity contribution < 1.29 is 33.9 Å². The molecule has 0 aliphatic heterocycles. The summed E-state index contributed by atoms with van der Waals surface area (Å²) < 4.78 is 9.59. The molecule has 0 atom stereocenters. The SMILES string of the molecule is CCOC(=O)OOOC(=O)c1ccc(OCC)cc1. The first-order valence-corrected chi connectivity index (χ1v) is 5.62. The van der Waals surface area contributed by atoms with Gasteiger partial charge in [0.25, 0.3) is 0 Å². The predicted octanol–water partition coefficient (Wildman–Crippen LogP) is 2.26. The van der Waals surface area contributed by atoms with E-state index in [1.807, 2.05) is 6.92 Å². The third-order valence-electron chi connectivity index (χ3n) is 1.87. The minimum atomic E-state index is -1.10. The molecule has 0 aromatic heterocycles. The van der Waals surface area contributed by atoms with Crippen molar-refractivity contribution in [3.05, 3.63) is 29.8 Å². The Balaban J connectivity index is 2.38. The summed E-state index contributed by atoms with van der Waals surface area (Å²) in [5.74, 6) is -0.185. The van der Waals surface area contributed by atoms with Gasteiger partial charge in [0.05, 0.1) is 23.8 Å². The first-order chi connectivity index (χ1) is 9.17. The highest BCUT2D eigenvalue weighted by molar-refractivity contribution is 5.89. The van der Waals surface area contributed by atoms with Crippen molar-refractivity contribution in [1.82, 2.24) is 0 Å². The lowest BCUT2D eigenvalue weighted by Gasteiger charge is -2.04. The van der Waals surface area contributed by atoms with E-state index < -0.39 is 12.1 Å². The van der Waals surface area contributed by atoms with Crippen molar-refractivity contribution in [2.45, 2.75) is 13.8 Å². The van der Waals surface area contributed by atoms with Crippen molar-refractivity contribution >= 4 is 12.1 Å². The van der Waals surface area contributed by atoms with Gasteiger partial charge in [0.1, 0.15) is 5.75 Å². The maximum absolute atomic E-state index is 11.4. The highest BCUT2D eigenvalue weighted by Gasteiger charge is 2.11. The van der Waals surface area contributed by atoms with Gasteiger partial charge in [-0.3, -0.25) is 4.89 Å². The molecule has 0 amide bonds. The Kier molecular flexibility index (Phi) is 6.17. The third kappa shape index (κ3) is 5.26. The van der Waals surface area contributed by atoms with Gasteiger partial charge in [-0.25, -0.2) is 14.5 Å². The molecule has 1 aromatic carbocycles. The Hall–Kier alpha value is -2.28. The second-order valence-electron chi connectivity index (χ2n) is 3.16. The van der Waals surface area contributed by atoms with E-state index >= 15 is 0 Å². The minimum Gasteiger partial charge on any atom is -0.494 e. The standard InChI is InChI=1S/C12H14O7/c1-3-15-10-7-5-9(6-8-10)11(13)17-19-18-12(14)16-4-2/h5-8H,3-4H2,1-2H3. The number of rotatable bonds is 6. The lowest BCUT2D eigenvalue weighted by Crippen LogP contribution is -2.11. The van der Waals surface area contributed by atoms with Gasteiger partial charge in [-0.1, -0.05) is 0 Å². The highest BCUT2D eigenvalue weighted by atomic mass is 17.5. The fraction of sp³-hybridized carbons (Fsp3) is 0.333. The second kappa shape index (κ2) is 7.93. The number of ether oxygens (including phenoxy) is 2. The zero-order valence-corrected chi connectivity index (χ0v) is 10.6. The normalized spacial score (nSPS) is 9.58. The van der Waals surface area contributed by atoms with Gasteiger partial charge in [-0.05, 0) is 38.1 Å². The van der Waals surface area contributed by atoms with Crippen LogP contribution in [0.2, 0.25) is 0 Å². The van der Waals surface area contributed by atoms with Crippen molar-refractivity contribution in [2.24, 2.45) is 0 Å². The average Bonchev–Trinajstić information content (AvgIpc) is 2.40. The molecule has 0 unspecified atom stereocenters. The number of carbonyl (C=O) groups excluding carboxylic acids is 2. The molecule has 0 saturated heterocycles. The van der Waals surface area contributed by atoms with Crippen molar-refractivity contribution in [2.75, 3.05) is 13.2 Å². The van der Waals surface area contributed by atoms with E-state index in [0.717, 1.165) is 0 Å². The molecular formula is C12H14O7. The van der Waals surface area contributed by atoms with Crippen LogP contribution in [0.3, 0.4) is 0 Å². The lowest BCUT2D eigenvalue weighted by molar-refractivity contribution is -0.452. The molecule has 1 aromatic rings. The Morgan fingerprint density at radius 1 is 1.00 bits per heavy atom. The van der Waals surface area contributed by atoms with Crippen LogP contribution in [0.25, 0.3) is 0 Å². The molecule has 0 spiro atoms. The quantitative estimate of drug-likeness (QED) is 0.445. The van der Waals surface area contributed by atoms with E-state index in [1.165, 1.54) is 12.1 Å². The maximum Gasteiger partial charge on any atom is 0.543 e. The Bertz CT molecular complexity index is 413. The first-order valence-electron chi connectivity index (χ1n) is 5.62. The largest absolute Gasteiger partial charge is 0.543 e. The molecule has 0 saturated carbocycles. The van der Waals surface area contributed by atoms with Gasteiger partial charge in [-0.2, -0.15) is 0 Å². The number of carbonyl (C=O) groups is 2. The zero-order chi connectivity index (χ0) is 14.1. The second-order valence-corrected chi connectivity index (χ2v) is 3.16. The molecule has 0 fully saturated rings. The van der Waals surface area contributed by atoms with Crippen molar-refractivity contribution in [3.63, 3.8) is 0 Å². The summed E-state index contributed by atoms with van der Waals surface area (Å²) in [6, 6.07) is 6.18. The molecule has 0 aliphatic carbocycles. The Morgan fingerprint density at radius 3 is 2.26 bits per heavy atom. The summed E-state index contributed by atoms with van der Waals surface area (Å²) in [5.41, 5.74) is 0.218. The monoisotopic (exact) mass is 270 g/mol. The van der Waals surface area contributed by atoms with Crippen LogP contribution in [-0.2, 0) is 19.6 Å². The average molecular weight is 270 g/mol. The summed E-state index contributed by atoms with van der Waals surface area (Å²) in [7, 11) is 0. The molecule has 0 N–H and O–H groups in total. The van der Waals surface area contributed by atoms with E-state index in [-0.39, 0.29) is 12.2 Å².